The van der Waals surface area contributed by atoms with Crippen molar-refractivity contribution in [3.05, 3.63) is 101 Å². The van der Waals surface area contributed by atoms with E-state index < -0.39 is 28.5 Å². The number of nitrogens with one attached hydrogen (secondary N) is 1. The first kappa shape index (κ1) is 28.2. The molecule has 0 fully saturated rings. The van der Waals surface area contributed by atoms with Gasteiger partial charge in [0, 0.05) is 24.5 Å². The van der Waals surface area contributed by atoms with Crippen molar-refractivity contribution in [2.24, 2.45) is 0 Å². The van der Waals surface area contributed by atoms with Crippen molar-refractivity contribution in [1.29, 1.82) is 0 Å². The zero-order valence-electron chi connectivity index (χ0n) is 21.0. The summed E-state index contributed by atoms with van der Waals surface area (Å²) in [4.78, 5) is 28.7. The molecule has 2 amide bonds. The van der Waals surface area contributed by atoms with E-state index in [-0.39, 0.29) is 18.9 Å². The lowest BCUT2D eigenvalue weighted by Gasteiger charge is -2.33. The van der Waals surface area contributed by atoms with Gasteiger partial charge in [0.2, 0.25) is 21.8 Å². The third-order valence-electron chi connectivity index (χ3n) is 5.79. The van der Waals surface area contributed by atoms with Gasteiger partial charge in [0.05, 0.1) is 11.9 Å². The molecule has 196 valence electrons. The van der Waals surface area contributed by atoms with Gasteiger partial charge in [0.25, 0.3) is 0 Å². The normalized spacial score (nSPS) is 12.0. The Morgan fingerprint density at radius 1 is 0.919 bits per heavy atom. The molecule has 1 atom stereocenters. The number of sulfonamides is 1. The number of amides is 2. The average Bonchev–Trinajstić information content (AvgIpc) is 2.88. The lowest BCUT2D eigenvalue weighted by molar-refractivity contribution is -0.140. The van der Waals surface area contributed by atoms with Crippen molar-refractivity contribution in [3.63, 3.8) is 0 Å². The Morgan fingerprint density at radius 2 is 1.54 bits per heavy atom. The highest BCUT2D eigenvalue weighted by atomic mass is 35.5. The summed E-state index contributed by atoms with van der Waals surface area (Å²) < 4.78 is 26.4. The van der Waals surface area contributed by atoms with Crippen LogP contribution in [0.3, 0.4) is 0 Å². The molecule has 0 heterocycles. The summed E-state index contributed by atoms with van der Waals surface area (Å²) in [6, 6.07) is 24.1. The van der Waals surface area contributed by atoms with Crippen LogP contribution in [0.2, 0.25) is 5.02 Å². The predicted octanol–water partition coefficient (Wildman–Crippen LogP) is 4.27. The van der Waals surface area contributed by atoms with E-state index in [4.69, 9.17) is 11.6 Å². The average molecular weight is 542 g/mol. The molecule has 3 aromatic carbocycles. The van der Waals surface area contributed by atoms with Gasteiger partial charge in [-0.1, -0.05) is 79.2 Å². The zero-order chi connectivity index (χ0) is 26.8. The quantitative estimate of drug-likeness (QED) is 0.371. The molecule has 0 radical (unpaired) electrons. The molecule has 3 rings (SSSR count). The smallest absolute Gasteiger partial charge is 0.244 e. The van der Waals surface area contributed by atoms with Crippen molar-refractivity contribution in [1.82, 2.24) is 10.2 Å². The predicted molar refractivity (Wildman–Crippen MR) is 148 cm³/mol. The second-order valence-electron chi connectivity index (χ2n) is 8.75. The van der Waals surface area contributed by atoms with E-state index in [0.717, 1.165) is 28.1 Å². The highest BCUT2D eigenvalue weighted by Gasteiger charge is 2.32. The number of carbonyl (C=O) groups is 2. The Balaban J connectivity index is 2.02. The Bertz CT molecular complexity index is 1290. The third kappa shape index (κ3) is 8.33. The van der Waals surface area contributed by atoms with Crippen molar-refractivity contribution in [2.45, 2.75) is 32.4 Å². The third-order valence-corrected chi connectivity index (χ3v) is 7.16. The van der Waals surface area contributed by atoms with Gasteiger partial charge in [-0.3, -0.25) is 13.9 Å². The van der Waals surface area contributed by atoms with E-state index >= 15 is 0 Å². The highest BCUT2D eigenvalue weighted by molar-refractivity contribution is 7.92. The number of carbonyl (C=O) groups excluding carboxylic acids is 2. The van der Waals surface area contributed by atoms with E-state index in [1.54, 1.807) is 48.5 Å². The van der Waals surface area contributed by atoms with Crippen molar-refractivity contribution in [3.8, 4) is 0 Å². The molecule has 0 unspecified atom stereocenters. The molecule has 3 aromatic rings. The van der Waals surface area contributed by atoms with Gasteiger partial charge in [-0.05, 0) is 41.8 Å². The summed E-state index contributed by atoms with van der Waals surface area (Å²) in [5, 5.41) is 3.41. The van der Waals surface area contributed by atoms with Crippen LogP contribution in [0.15, 0.2) is 84.9 Å². The molecular weight excluding hydrogens is 510 g/mol. The lowest BCUT2D eigenvalue weighted by Crippen LogP contribution is -2.53. The van der Waals surface area contributed by atoms with Crippen LogP contribution in [0.4, 0.5) is 5.69 Å². The van der Waals surface area contributed by atoms with E-state index in [2.05, 4.69) is 5.32 Å². The van der Waals surface area contributed by atoms with Crippen LogP contribution in [-0.2, 0) is 32.6 Å². The summed E-state index contributed by atoms with van der Waals surface area (Å²) >= 11 is 6.20. The molecule has 0 saturated carbocycles. The Hall–Kier alpha value is -3.36. The molecule has 0 aromatic heterocycles. The molecular formula is C28H32ClN3O4S. The van der Waals surface area contributed by atoms with E-state index in [1.807, 2.05) is 43.3 Å². The van der Waals surface area contributed by atoms with Gasteiger partial charge >= 0.3 is 0 Å². The minimum atomic E-state index is -3.78. The van der Waals surface area contributed by atoms with Gasteiger partial charge in [-0.2, -0.15) is 0 Å². The topological polar surface area (TPSA) is 86.8 Å². The van der Waals surface area contributed by atoms with Crippen molar-refractivity contribution >= 4 is 39.1 Å². The van der Waals surface area contributed by atoms with Crippen LogP contribution < -0.4 is 9.62 Å². The fourth-order valence-corrected chi connectivity index (χ4v) is 5.02. The Morgan fingerprint density at radius 3 is 2.14 bits per heavy atom. The maximum absolute atomic E-state index is 13.9. The van der Waals surface area contributed by atoms with Crippen molar-refractivity contribution in [2.75, 3.05) is 23.7 Å². The maximum atomic E-state index is 13.9. The van der Waals surface area contributed by atoms with Gasteiger partial charge in [0.1, 0.15) is 12.6 Å². The number of anilines is 1. The van der Waals surface area contributed by atoms with Crippen LogP contribution in [0.1, 0.15) is 24.5 Å². The SMILES string of the molecule is CCCNC(=O)[C@@H](Cc1ccccc1)N(Cc1cccc(Cl)c1)C(=O)CN(c1ccccc1)S(C)(=O)=O. The number of hydrogen-bond donors (Lipinski definition) is 1. The largest absolute Gasteiger partial charge is 0.354 e. The molecule has 7 nitrogen and oxygen atoms in total. The van der Waals surface area contributed by atoms with E-state index in [0.29, 0.717) is 17.3 Å². The number of halogens is 1. The summed E-state index contributed by atoms with van der Waals surface area (Å²) in [6.45, 7) is 2.05. The molecule has 0 aliphatic carbocycles. The summed E-state index contributed by atoms with van der Waals surface area (Å²) in [7, 11) is -3.78. The first-order valence-corrected chi connectivity index (χ1v) is 14.3. The molecule has 0 aliphatic rings. The molecule has 0 saturated heterocycles. The summed E-state index contributed by atoms with van der Waals surface area (Å²) in [5.41, 5.74) is 1.98. The van der Waals surface area contributed by atoms with Crippen LogP contribution in [-0.4, -0.2) is 50.5 Å². The number of para-hydroxylation sites is 1. The summed E-state index contributed by atoms with van der Waals surface area (Å²) in [5.74, 6) is -0.798. The highest BCUT2D eigenvalue weighted by Crippen LogP contribution is 2.21. The number of hydrogen-bond acceptors (Lipinski definition) is 4. The van der Waals surface area contributed by atoms with Crippen molar-refractivity contribution < 1.29 is 18.0 Å². The van der Waals surface area contributed by atoms with Gasteiger partial charge in [-0.25, -0.2) is 8.42 Å². The molecule has 0 aliphatic heterocycles. The van der Waals surface area contributed by atoms with E-state index in [1.165, 1.54) is 4.90 Å². The second-order valence-corrected chi connectivity index (χ2v) is 11.1. The molecule has 0 spiro atoms. The van der Waals surface area contributed by atoms with Crippen LogP contribution in [0.5, 0.6) is 0 Å². The minimum Gasteiger partial charge on any atom is -0.354 e. The second kappa shape index (κ2) is 13.3. The van der Waals surface area contributed by atoms with E-state index in [9.17, 15) is 18.0 Å². The van der Waals surface area contributed by atoms with Crippen LogP contribution in [0, 0.1) is 0 Å². The maximum Gasteiger partial charge on any atom is 0.244 e. The first-order chi connectivity index (χ1) is 17.7. The van der Waals surface area contributed by atoms with Gasteiger partial charge in [-0.15, -0.1) is 0 Å². The number of benzene rings is 3. The molecule has 9 heteroatoms. The van der Waals surface area contributed by atoms with Crippen LogP contribution >= 0.6 is 11.6 Å². The Labute approximate surface area is 224 Å². The lowest BCUT2D eigenvalue weighted by atomic mass is 10.0. The van der Waals surface area contributed by atoms with Gasteiger partial charge < -0.3 is 10.2 Å². The minimum absolute atomic E-state index is 0.0861. The summed E-state index contributed by atoms with van der Waals surface area (Å²) in [6.07, 6.45) is 2.07. The molecule has 1 N–H and O–H groups in total. The molecule has 0 bridgehead atoms. The monoisotopic (exact) mass is 541 g/mol. The molecule has 37 heavy (non-hydrogen) atoms. The standard InChI is InChI=1S/C28H32ClN3O4S/c1-3-17-30-28(34)26(19-22-11-6-4-7-12-22)31(20-23-13-10-14-24(29)18-23)27(33)21-32(37(2,35)36)25-15-8-5-9-16-25/h4-16,18,26H,3,17,19-21H2,1-2H3,(H,30,34)/t26-/m1/s1. The fraction of sp³-hybridized carbons (Fsp3) is 0.286. The van der Waals surface area contributed by atoms with Crippen LogP contribution in [0.25, 0.3) is 0 Å². The number of nitrogens with zero attached hydrogens (tertiary/aromatic N) is 2. The first-order valence-electron chi connectivity index (χ1n) is 12.1. The van der Waals surface area contributed by atoms with Gasteiger partial charge in [0.15, 0.2) is 0 Å². The Kier molecular flexibility index (Phi) is 10.1. The number of rotatable bonds is 12. The fourth-order valence-electron chi connectivity index (χ4n) is 3.96. The zero-order valence-corrected chi connectivity index (χ0v) is 22.6.